The molecule has 0 bridgehead atoms. The van der Waals surface area contributed by atoms with Gasteiger partial charge in [-0.05, 0) is 60.5 Å². The molecule has 0 aliphatic carbocycles. The molecule has 7 nitrogen and oxygen atoms in total. The highest BCUT2D eigenvalue weighted by Gasteiger charge is 2.14. The summed E-state index contributed by atoms with van der Waals surface area (Å²) < 4.78 is 11.0. The predicted octanol–water partition coefficient (Wildman–Crippen LogP) is 5.44. The van der Waals surface area contributed by atoms with Crippen molar-refractivity contribution in [1.29, 1.82) is 5.26 Å². The molecule has 2 N–H and O–H groups in total. The standard InChI is InChI=1S/C26H21ClN2O5/c1-16-3-9-21(10-4-16)29-24(30)15-34-25-22(27)12-17(13-23(25)33-2)11-20(14-28)18-5-7-19(8-6-18)26(31)32/h3-13H,15H2,1-2H3,(H,29,30)(H,31,32)/b20-11-. The van der Waals surface area contributed by atoms with Crippen LogP contribution in [0, 0.1) is 18.3 Å². The molecule has 8 heteroatoms. The number of aromatic carboxylic acids is 1. The average Bonchev–Trinajstić information content (AvgIpc) is 2.83. The Kier molecular flexibility index (Phi) is 7.91. The lowest BCUT2D eigenvalue weighted by molar-refractivity contribution is -0.118. The predicted molar refractivity (Wildman–Crippen MR) is 130 cm³/mol. The summed E-state index contributed by atoms with van der Waals surface area (Å²) in [5.74, 6) is -0.915. The summed E-state index contributed by atoms with van der Waals surface area (Å²) in [4.78, 5) is 23.3. The number of hydrogen-bond donors (Lipinski definition) is 2. The molecule has 34 heavy (non-hydrogen) atoms. The Labute approximate surface area is 201 Å². The van der Waals surface area contributed by atoms with Gasteiger partial charge < -0.3 is 19.9 Å². The molecule has 0 saturated heterocycles. The molecule has 1 amide bonds. The Morgan fingerprint density at radius 3 is 2.32 bits per heavy atom. The third-order valence-corrected chi connectivity index (χ3v) is 5.09. The quantitative estimate of drug-likeness (QED) is 0.331. The van der Waals surface area contributed by atoms with Crippen molar-refractivity contribution in [2.24, 2.45) is 0 Å². The summed E-state index contributed by atoms with van der Waals surface area (Å²) in [6.45, 7) is 1.68. The van der Waals surface area contributed by atoms with E-state index in [0.29, 0.717) is 28.1 Å². The topological polar surface area (TPSA) is 109 Å². The van der Waals surface area contributed by atoms with Crippen molar-refractivity contribution in [1.82, 2.24) is 0 Å². The molecule has 0 aliphatic rings. The van der Waals surface area contributed by atoms with Crippen molar-refractivity contribution >= 4 is 40.8 Å². The maximum absolute atomic E-state index is 12.3. The van der Waals surface area contributed by atoms with Gasteiger partial charge in [0.15, 0.2) is 18.1 Å². The number of hydrogen-bond acceptors (Lipinski definition) is 5. The van der Waals surface area contributed by atoms with E-state index in [1.165, 1.54) is 19.2 Å². The van der Waals surface area contributed by atoms with Crippen LogP contribution in [-0.4, -0.2) is 30.7 Å². The first-order chi connectivity index (χ1) is 16.3. The van der Waals surface area contributed by atoms with Crippen LogP contribution in [-0.2, 0) is 4.79 Å². The van der Waals surface area contributed by atoms with E-state index in [-0.39, 0.29) is 28.8 Å². The summed E-state index contributed by atoms with van der Waals surface area (Å²) in [6.07, 6.45) is 1.60. The first-order valence-corrected chi connectivity index (χ1v) is 10.5. The normalized spacial score (nSPS) is 10.8. The molecular formula is C26H21ClN2O5. The summed E-state index contributed by atoms with van der Waals surface area (Å²) in [5.41, 5.74) is 3.28. The summed E-state index contributed by atoms with van der Waals surface area (Å²) in [7, 11) is 1.44. The van der Waals surface area contributed by atoms with Crippen LogP contribution in [0.1, 0.15) is 27.0 Å². The van der Waals surface area contributed by atoms with E-state index in [0.717, 1.165) is 5.56 Å². The molecule has 0 saturated carbocycles. The fourth-order valence-corrected chi connectivity index (χ4v) is 3.35. The monoisotopic (exact) mass is 476 g/mol. The van der Waals surface area contributed by atoms with Crippen molar-refractivity contribution in [2.75, 3.05) is 19.0 Å². The van der Waals surface area contributed by atoms with Gasteiger partial charge in [0.25, 0.3) is 5.91 Å². The van der Waals surface area contributed by atoms with Crippen LogP contribution >= 0.6 is 11.6 Å². The summed E-state index contributed by atoms with van der Waals surface area (Å²) >= 11 is 6.39. The van der Waals surface area contributed by atoms with E-state index in [1.807, 2.05) is 19.1 Å². The number of anilines is 1. The number of aryl methyl sites for hydroxylation is 1. The second-order valence-electron chi connectivity index (χ2n) is 7.29. The third-order valence-electron chi connectivity index (χ3n) is 4.81. The molecule has 0 spiro atoms. The van der Waals surface area contributed by atoms with Crippen LogP contribution in [0.15, 0.2) is 60.7 Å². The first kappa shape index (κ1) is 24.4. The Balaban J connectivity index is 1.78. The number of nitrogens with zero attached hydrogens (tertiary/aromatic N) is 1. The van der Waals surface area contributed by atoms with Crippen molar-refractivity contribution in [3.63, 3.8) is 0 Å². The lowest BCUT2D eigenvalue weighted by Crippen LogP contribution is -2.20. The Morgan fingerprint density at radius 1 is 1.09 bits per heavy atom. The number of halogens is 1. The highest BCUT2D eigenvalue weighted by atomic mass is 35.5. The lowest BCUT2D eigenvalue weighted by atomic mass is 10.0. The summed E-state index contributed by atoms with van der Waals surface area (Å²) in [6, 6.07) is 18.6. The van der Waals surface area contributed by atoms with Gasteiger partial charge in [0.2, 0.25) is 0 Å². The van der Waals surface area contributed by atoms with Crippen LogP contribution < -0.4 is 14.8 Å². The maximum atomic E-state index is 12.3. The number of nitriles is 1. The number of carbonyl (C=O) groups excluding carboxylic acids is 1. The summed E-state index contributed by atoms with van der Waals surface area (Å²) in [5, 5.41) is 21.6. The minimum absolute atomic E-state index is 0.124. The number of methoxy groups -OCH3 is 1. The van der Waals surface area contributed by atoms with E-state index in [9.17, 15) is 14.9 Å². The molecule has 0 heterocycles. The zero-order valence-corrected chi connectivity index (χ0v) is 19.2. The SMILES string of the molecule is COc1cc(/C=C(/C#N)c2ccc(C(=O)O)cc2)cc(Cl)c1OCC(=O)Nc1ccc(C)cc1. The van der Waals surface area contributed by atoms with E-state index in [1.54, 1.807) is 42.5 Å². The highest BCUT2D eigenvalue weighted by Crippen LogP contribution is 2.37. The van der Waals surface area contributed by atoms with Gasteiger partial charge in [0.1, 0.15) is 0 Å². The Morgan fingerprint density at radius 2 is 1.74 bits per heavy atom. The lowest BCUT2D eigenvalue weighted by Gasteiger charge is -2.14. The fraction of sp³-hybridized carbons (Fsp3) is 0.115. The van der Waals surface area contributed by atoms with E-state index < -0.39 is 5.97 Å². The van der Waals surface area contributed by atoms with Crippen LogP contribution in [0.4, 0.5) is 5.69 Å². The fourth-order valence-electron chi connectivity index (χ4n) is 3.07. The Hall–Kier alpha value is -4.28. The van der Waals surface area contributed by atoms with E-state index >= 15 is 0 Å². The minimum Gasteiger partial charge on any atom is -0.493 e. The minimum atomic E-state index is -1.05. The number of carbonyl (C=O) groups is 2. The molecule has 0 fully saturated rings. The number of nitrogens with one attached hydrogen (secondary N) is 1. The van der Waals surface area contributed by atoms with Crippen LogP contribution in [0.2, 0.25) is 5.02 Å². The molecular weight excluding hydrogens is 456 g/mol. The number of rotatable bonds is 8. The number of ether oxygens (including phenoxy) is 2. The largest absolute Gasteiger partial charge is 0.493 e. The number of amides is 1. The highest BCUT2D eigenvalue weighted by molar-refractivity contribution is 6.32. The smallest absolute Gasteiger partial charge is 0.335 e. The number of allylic oxidation sites excluding steroid dienone is 1. The van der Waals surface area contributed by atoms with Gasteiger partial charge in [0.05, 0.1) is 29.3 Å². The van der Waals surface area contributed by atoms with Crippen molar-refractivity contribution < 1.29 is 24.2 Å². The second kappa shape index (κ2) is 11.0. The van der Waals surface area contributed by atoms with Crippen molar-refractivity contribution in [3.05, 3.63) is 87.9 Å². The van der Waals surface area contributed by atoms with Gasteiger partial charge in [-0.3, -0.25) is 4.79 Å². The van der Waals surface area contributed by atoms with Gasteiger partial charge >= 0.3 is 5.97 Å². The molecule has 3 aromatic rings. The average molecular weight is 477 g/mol. The van der Waals surface area contributed by atoms with E-state index in [4.69, 9.17) is 26.2 Å². The van der Waals surface area contributed by atoms with Gasteiger partial charge in [-0.15, -0.1) is 0 Å². The van der Waals surface area contributed by atoms with E-state index in [2.05, 4.69) is 11.4 Å². The molecule has 3 aromatic carbocycles. The Bertz CT molecular complexity index is 1280. The zero-order valence-electron chi connectivity index (χ0n) is 18.5. The second-order valence-corrected chi connectivity index (χ2v) is 7.70. The van der Waals surface area contributed by atoms with Crippen LogP contribution in [0.3, 0.4) is 0 Å². The molecule has 0 radical (unpaired) electrons. The molecule has 0 atom stereocenters. The molecule has 0 unspecified atom stereocenters. The molecule has 0 aliphatic heterocycles. The number of carboxylic acid groups (broad SMARTS) is 1. The first-order valence-electron chi connectivity index (χ1n) is 10.1. The van der Waals surface area contributed by atoms with Gasteiger partial charge in [-0.25, -0.2) is 4.79 Å². The van der Waals surface area contributed by atoms with Gasteiger partial charge in [-0.1, -0.05) is 41.4 Å². The van der Waals surface area contributed by atoms with Gasteiger partial charge in [-0.2, -0.15) is 5.26 Å². The molecule has 0 aromatic heterocycles. The van der Waals surface area contributed by atoms with Crippen LogP contribution in [0.25, 0.3) is 11.6 Å². The maximum Gasteiger partial charge on any atom is 0.335 e. The number of carboxylic acids is 1. The third kappa shape index (κ3) is 6.15. The zero-order chi connectivity index (χ0) is 24.7. The number of benzene rings is 3. The van der Waals surface area contributed by atoms with Crippen molar-refractivity contribution in [2.45, 2.75) is 6.92 Å². The van der Waals surface area contributed by atoms with Crippen LogP contribution in [0.5, 0.6) is 11.5 Å². The van der Waals surface area contributed by atoms with Gasteiger partial charge in [0, 0.05) is 5.69 Å². The molecule has 172 valence electrons. The molecule has 3 rings (SSSR count). The van der Waals surface area contributed by atoms with Crippen molar-refractivity contribution in [3.8, 4) is 17.6 Å².